The van der Waals surface area contributed by atoms with Crippen LogP contribution in [0.1, 0.15) is 43.6 Å². The van der Waals surface area contributed by atoms with Crippen LogP contribution in [0.15, 0.2) is 24.3 Å². The van der Waals surface area contributed by atoms with Gasteiger partial charge < -0.3 is 14.8 Å². The van der Waals surface area contributed by atoms with Gasteiger partial charge >= 0.3 is 12.1 Å². The first-order chi connectivity index (χ1) is 9.31. The van der Waals surface area contributed by atoms with Gasteiger partial charge in [-0.3, -0.25) is 0 Å². The van der Waals surface area contributed by atoms with Crippen LogP contribution in [-0.2, 0) is 16.0 Å². The summed E-state index contributed by atoms with van der Waals surface area (Å²) in [7, 11) is 0. The Morgan fingerprint density at radius 3 is 2.25 bits per heavy atom. The number of hydrogen-bond donors (Lipinski definition) is 1. The van der Waals surface area contributed by atoms with Crippen molar-refractivity contribution in [2.45, 2.75) is 39.8 Å². The van der Waals surface area contributed by atoms with Crippen LogP contribution in [0.2, 0.25) is 0 Å². The SMILES string of the molecule is CCOC(=O)c1ccc(CNC(=O)OC(C)(C)C)cc1. The number of amides is 1. The van der Waals surface area contributed by atoms with Crippen LogP contribution in [0, 0.1) is 0 Å². The summed E-state index contributed by atoms with van der Waals surface area (Å²) in [6, 6.07) is 6.88. The maximum atomic E-state index is 11.5. The number of esters is 1. The zero-order valence-electron chi connectivity index (χ0n) is 12.4. The molecule has 0 fully saturated rings. The minimum atomic E-state index is -0.516. The Kier molecular flexibility index (Phi) is 5.55. The van der Waals surface area contributed by atoms with Crippen LogP contribution in [0.4, 0.5) is 4.79 Å². The van der Waals surface area contributed by atoms with E-state index in [0.717, 1.165) is 5.56 Å². The van der Waals surface area contributed by atoms with E-state index in [0.29, 0.717) is 18.7 Å². The highest BCUT2D eigenvalue weighted by Gasteiger charge is 2.15. The van der Waals surface area contributed by atoms with Crippen LogP contribution < -0.4 is 5.32 Å². The first kappa shape index (κ1) is 16.0. The summed E-state index contributed by atoms with van der Waals surface area (Å²) < 4.78 is 10.0. The Bertz CT molecular complexity index is 460. The molecule has 0 aromatic heterocycles. The fraction of sp³-hybridized carbons (Fsp3) is 0.467. The van der Waals surface area contributed by atoms with Crippen molar-refractivity contribution in [1.29, 1.82) is 0 Å². The number of rotatable bonds is 4. The third-order valence-corrected chi connectivity index (χ3v) is 2.30. The molecule has 0 heterocycles. The van der Waals surface area contributed by atoms with Gasteiger partial charge in [0.05, 0.1) is 12.2 Å². The molecule has 1 aromatic rings. The smallest absolute Gasteiger partial charge is 0.407 e. The lowest BCUT2D eigenvalue weighted by atomic mass is 10.1. The lowest BCUT2D eigenvalue weighted by Crippen LogP contribution is -2.32. The van der Waals surface area contributed by atoms with Gasteiger partial charge in [0, 0.05) is 6.54 Å². The van der Waals surface area contributed by atoms with E-state index in [2.05, 4.69) is 5.32 Å². The second-order valence-corrected chi connectivity index (χ2v) is 5.27. The Morgan fingerprint density at radius 2 is 1.75 bits per heavy atom. The molecule has 1 amide bonds. The molecule has 0 saturated carbocycles. The molecule has 0 bridgehead atoms. The topological polar surface area (TPSA) is 64.6 Å². The Hall–Kier alpha value is -2.04. The number of nitrogens with one attached hydrogen (secondary N) is 1. The van der Waals surface area contributed by atoms with Gasteiger partial charge in [0.15, 0.2) is 0 Å². The van der Waals surface area contributed by atoms with E-state index in [4.69, 9.17) is 9.47 Å². The number of hydrogen-bond acceptors (Lipinski definition) is 4. The molecule has 0 radical (unpaired) electrons. The lowest BCUT2D eigenvalue weighted by molar-refractivity contribution is 0.0513. The molecule has 0 saturated heterocycles. The monoisotopic (exact) mass is 279 g/mol. The van der Waals surface area contributed by atoms with E-state index in [9.17, 15) is 9.59 Å². The van der Waals surface area contributed by atoms with E-state index < -0.39 is 11.7 Å². The standard InChI is InChI=1S/C15H21NO4/c1-5-19-13(17)12-8-6-11(7-9-12)10-16-14(18)20-15(2,3)4/h6-9H,5,10H2,1-4H3,(H,16,18). The maximum absolute atomic E-state index is 11.5. The molecule has 0 aliphatic heterocycles. The van der Waals surface area contributed by atoms with Crippen LogP contribution in [-0.4, -0.2) is 24.3 Å². The summed E-state index contributed by atoms with van der Waals surface area (Å²) in [4.78, 5) is 23.0. The van der Waals surface area contributed by atoms with Gasteiger partial charge in [-0.2, -0.15) is 0 Å². The van der Waals surface area contributed by atoms with E-state index in [-0.39, 0.29) is 5.97 Å². The fourth-order valence-corrected chi connectivity index (χ4v) is 1.46. The molecular formula is C15H21NO4. The molecule has 1 N–H and O–H groups in total. The molecule has 1 aromatic carbocycles. The van der Waals surface area contributed by atoms with E-state index in [1.165, 1.54) is 0 Å². The molecule has 0 unspecified atom stereocenters. The third-order valence-electron chi connectivity index (χ3n) is 2.30. The van der Waals surface area contributed by atoms with Crippen molar-refractivity contribution in [1.82, 2.24) is 5.32 Å². The lowest BCUT2D eigenvalue weighted by Gasteiger charge is -2.19. The molecule has 0 spiro atoms. The molecule has 0 atom stereocenters. The quantitative estimate of drug-likeness (QED) is 0.861. The highest BCUT2D eigenvalue weighted by Crippen LogP contribution is 2.08. The van der Waals surface area contributed by atoms with Gasteiger partial charge in [0.2, 0.25) is 0 Å². The van der Waals surface area contributed by atoms with Crippen LogP contribution in [0.3, 0.4) is 0 Å². The highest BCUT2D eigenvalue weighted by molar-refractivity contribution is 5.89. The van der Waals surface area contributed by atoms with E-state index >= 15 is 0 Å². The fourth-order valence-electron chi connectivity index (χ4n) is 1.46. The second kappa shape index (κ2) is 6.93. The van der Waals surface area contributed by atoms with Gasteiger partial charge in [-0.1, -0.05) is 12.1 Å². The number of ether oxygens (including phenoxy) is 2. The molecule has 0 aliphatic carbocycles. The van der Waals surface area contributed by atoms with Crippen LogP contribution >= 0.6 is 0 Å². The molecule has 110 valence electrons. The van der Waals surface area contributed by atoms with E-state index in [1.54, 1.807) is 52.0 Å². The van der Waals surface area contributed by atoms with Crippen molar-refractivity contribution in [3.8, 4) is 0 Å². The molecule has 0 aliphatic rings. The summed E-state index contributed by atoms with van der Waals surface area (Å²) >= 11 is 0. The number of alkyl carbamates (subject to hydrolysis) is 1. The maximum Gasteiger partial charge on any atom is 0.407 e. The predicted octanol–water partition coefficient (Wildman–Crippen LogP) is 2.89. The predicted molar refractivity (Wildman–Crippen MR) is 75.5 cm³/mol. The second-order valence-electron chi connectivity index (χ2n) is 5.27. The number of benzene rings is 1. The summed E-state index contributed by atoms with van der Waals surface area (Å²) in [5, 5.41) is 2.65. The highest BCUT2D eigenvalue weighted by atomic mass is 16.6. The van der Waals surface area contributed by atoms with Gasteiger partial charge in [-0.25, -0.2) is 9.59 Å². The molecule has 1 rings (SSSR count). The third kappa shape index (κ3) is 5.73. The van der Waals surface area contributed by atoms with Gasteiger partial charge in [0.1, 0.15) is 5.60 Å². The van der Waals surface area contributed by atoms with Crippen molar-refractivity contribution in [2.24, 2.45) is 0 Å². The van der Waals surface area contributed by atoms with Crippen LogP contribution in [0.5, 0.6) is 0 Å². The van der Waals surface area contributed by atoms with Gasteiger partial charge in [-0.15, -0.1) is 0 Å². The average Bonchev–Trinajstić information content (AvgIpc) is 2.35. The molecule has 20 heavy (non-hydrogen) atoms. The van der Waals surface area contributed by atoms with Crippen molar-refractivity contribution in [3.05, 3.63) is 35.4 Å². The summed E-state index contributed by atoms with van der Waals surface area (Å²) in [5.41, 5.74) is 0.856. The minimum Gasteiger partial charge on any atom is -0.462 e. The minimum absolute atomic E-state index is 0.345. The Balaban J connectivity index is 2.50. The van der Waals surface area contributed by atoms with Crippen LogP contribution in [0.25, 0.3) is 0 Å². The van der Waals surface area contributed by atoms with Gasteiger partial charge in [0.25, 0.3) is 0 Å². The van der Waals surface area contributed by atoms with Crippen molar-refractivity contribution in [3.63, 3.8) is 0 Å². The summed E-state index contributed by atoms with van der Waals surface area (Å²) in [5.74, 6) is -0.348. The van der Waals surface area contributed by atoms with Crippen molar-refractivity contribution in [2.75, 3.05) is 6.61 Å². The number of carbonyl (C=O) groups is 2. The average molecular weight is 279 g/mol. The first-order valence-corrected chi connectivity index (χ1v) is 6.54. The van der Waals surface area contributed by atoms with E-state index in [1.807, 2.05) is 0 Å². The van der Waals surface area contributed by atoms with Gasteiger partial charge in [-0.05, 0) is 45.4 Å². The normalized spacial score (nSPS) is 10.8. The van der Waals surface area contributed by atoms with Crippen molar-refractivity contribution < 1.29 is 19.1 Å². The molecular weight excluding hydrogens is 258 g/mol. The molecule has 5 nitrogen and oxygen atoms in total. The summed E-state index contributed by atoms with van der Waals surface area (Å²) in [6.45, 7) is 7.87. The largest absolute Gasteiger partial charge is 0.462 e. The Labute approximate surface area is 119 Å². The molecule has 5 heteroatoms. The summed E-state index contributed by atoms with van der Waals surface area (Å²) in [6.07, 6.45) is -0.466. The zero-order valence-corrected chi connectivity index (χ0v) is 12.4. The Morgan fingerprint density at radius 1 is 1.15 bits per heavy atom. The van der Waals surface area contributed by atoms with Crippen molar-refractivity contribution >= 4 is 12.1 Å². The number of carbonyl (C=O) groups excluding carboxylic acids is 2. The zero-order chi connectivity index (χ0) is 15.2. The first-order valence-electron chi connectivity index (χ1n) is 6.54.